The third kappa shape index (κ3) is 3.67. The molecule has 1 heterocycles. The minimum Gasteiger partial charge on any atom is -0.484 e. The zero-order valence-corrected chi connectivity index (χ0v) is 15.2. The van der Waals surface area contributed by atoms with Gasteiger partial charge in [-0.15, -0.1) is 5.10 Å². The molecule has 0 spiro atoms. The van der Waals surface area contributed by atoms with Crippen molar-refractivity contribution in [2.45, 2.75) is 25.3 Å². The monoisotopic (exact) mass is 363 g/mol. The number of aromatic nitrogens is 4. The number of nitrogens with zero attached hydrogens (tertiary/aromatic N) is 5. The van der Waals surface area contributed by atoms with E-state index in [1.807, 2.05) is 36.2 Å². The number of ether oxygens (including phenoxy) is 1. The van der Waals surface area contributed by atoms with Crippen LogP contribution in [0.4, 0.5) is 0 Å². The van der Waals surface area contributed by atoms with Crippen molar-refractivity contribution >= 4 is 5.91 Å². The molecule has 0 N–H and O–H groups in total. The van der Waals surface area contributed by atoms with Crippen molar-refractivity contribution in [2.24, 2.45) is 0 Å². The SMILES string of the molecule is CN(C(=O)COc1cccc(-n2cnnn2)c1)C1CCCc2ccccc21. The van der Waals surface area contributed by atoms with Gasteiger partial charge in [0.1, 0.15) is 12.1 Å². The van der Waals surface area contributed by atoms with Crippen LogP contribution < -0.4 is 4.74 Å². The fourth-order valence-electron chi connectivity index (χ4n) is 3.55. The summed E-state index contributed by atoms with van der Waals surface area (Å²) in [5.74, 6) is 0.568. The number of aryl methyl sites for hydroxylation is 1. The smallest absolute Gasteiger partial charge is 0.260 e. The summed E-state index contributed by atoms with van der Waals surface area (Å²) in [7, 11) is 1.86. The summed E-state index contributed by atoms with van der Waals surface area (Å²) < 4.78 is 7.27. The Morgan fingerprint density at radius 3 is 3.00 bits per heavy atom. The van der Waals surface area contributed by atoms with Crippen molar-refractivity contribution in [3.63, 3.8) is 0 Å². The Morgan fingerprint density at radius 2 is 2.15 bits per heavy atom. The lowest BCUT2D eigenvalue weighted by Crippen LogP contribution is -2.36. The summed E-state index contributed by atoms with van der Waals surface area (Å²) in [5, 5.41) is 11.1. The van der Waals surface area contributed by atoms with E-state index in [0.717, 1.165) is 24.9 Å². The van der Waals surface area contributed by atoms with Gasteiger partial charge in [0.05, 0.1) is 11.7 Å². The van der Waals surface area contributed by atoms with Gasteiger partial charge in [0, 0.05) is 13.1 Å². The van der Waals surface area contributed by atoms with Crippen molar-refractivity contribution < 1.29 is 9.53 Å². The molecule has 27 heavy (non-hydrogen) atoms. The molecular weight excluding hydrogens is 342 g/mol. The van der Waals surface area contributed by atoms with Gasteiger partial charge < -0.3 is 9.64 Å². The lowest BCUT2D eigenvalue weighted by Gasteiger charge is -2.33. The van der Waals surface area contributed by atoms with Crippen molar-refractivity contribution in [2.75, 3.05) is 13.7 Å². The molecule has 1 aliphatic rings. The van der Waals surface area contributed by atoms with Gasteiger partial charge in [0.15, 0.2) is 6.61 Å². The molecule has 0 saturated heterocycles. The minimum absolute atomic E-state index is 0.00573. The molecule has 138 valence electrons. The van der Waals surface area contributed by atoms with Crippen LogP contribution in [0, 0.1) is 0 Å². The van der Waals surface area contributed by atoms with Gasteiger partial charge in [0.25, 0.3) is 5.91 Å². The third-order valence-corrected chi connectivity index (χ3v) is 4.99. The number of likely N-dealkylation sites (N-methyl/N-ethyl adjacent to an activating group) is 1. The zero-order chi connectivity index (χ0) is 18.6. The molecule has 1 aliphatic carbocycles. The number of tetrazole rings is 1. The van der Waals surface area contributed by atoms with E-state index in [-0.39, 0.29) is 18.6 Å². The molecule has 2 aromatic carbocycles. The van der Waals surface area contributed by atoms with Gasteiger partial charge in [-0.2, -0.15) is 0 Å². The Bertz CT molecular complexity index is 926. The average Bonchev–Trinajstić information content (AvgIpc) is 3.26. The van der Waals surface area contributed by atoms with Crippen LogP contribution >= 0.6 is 0 Å². The lowest BCUT2D eigenvalue weighted by molar-refractivity contribution is -0.134. The van der Waals surface area contributed by atoms with Crippen molar-refractivity contribution in [3.8, 4) is 11.4 Å². The second-order valence-electron chi connectivity index (χ2n) is 6.65. The first-order chi connectivity index (χ1) is 13.2. The second-order valence-corrected chi connectivity index (χ2v) is 6.65. The number of amides is 1. The van der Waals surface area contributed by atoms with Crippen LogP contribution in [0.5, 0.6) is 5.75 Å². The maximum absolute atomic E-state index is 12.7. The zero-order valence-electron chi connectivity index (χ0n) is 15.2. The van der Waals surface area contributed by atoms with Crippen molar-refractivity contribution in [1.29, 1.82) is 0 Å². The molecule has 7 heteroatoms. The summed E-state index contributed by atoms with van der Waals surface area (Å²) >= 11 is 0. The first-order valence-corrected chi connectivity index (χ1v) is 9.02. The van der Waals surface area contributed by atoms with Gasteiger partial charge in [-0.25, -0.2) is 4.68 Å². The summed E-state index contributed by atoms with van der Waals surface area (Å²) in [6, 6.07) is 15.8. The van der Waals surface area contributed by atoms with E-state index >= 15 is 0 Å². The number of rotatable bonds is 5. The van der Waals surface area contributed by atoms with Crippen LogP contribution in [0.2, 0.25) is 0 Å². The van der Waals surface area contributed by atoms with Crippen LogP contribution in [0.15, 0.2) is 54.9 Å². The molecule has 0 aliphatic heterocycles. The molecule has 3 aromatic rings. The maximum Gasteiger partial charge on any atom is 0.260 e. The van der Waals surface area contributed by atoms with Gasteiger partial charge in [-0.3, -0.25) is 4.79 Å². The predicted octanol–water partition coefficient (Wildman–Crippen LogP) is 2.58. The molecule has 0 saturated carbocycles. The largest absolute Gasteiger partial charge is 0.484 e. The second kappa shape index (κ2) is 7.57. The van der Waals surface area contributed by atoms with Crippen LogP contribution in [0.3, 0.4) is 0 Å². The quantitative estimate of drug-likeness (QED) is 0.697. The molecule has 0 radical (unpaired) electrons. The van der Waals surface area contributed by atoms with Crippen LogP contribution in [0.1, 0.15) is 30.0 Å². The highest BCUT2D eigenvalue weighted by molar-refractivity contribution is 5.78. The van der Waals surface area contributed by atoms with E-state index in [9.17, 15) is 4.79 Å². The predicted molar refractivity (Wildman–Crippen MR) is 99.5 cm³/mol. The summed E-state index contributed by atoms with van der Waals surface area (Å²) in [4.78, 5) is 14.5. The van der Waals surface area contributed by atoms with Crippen molar-refractivity contribution in [1.82, 2.24) is 25.1 Å². The Morgan fingerprint density at radius 1 is 1.26 bits per heavy atom. The highest BCUT2D eigenvalue weighted by atomic mass is 16.5. The fourth-order valence-corrected chi connectivity index (χ4v) is 3.55. The fraction of sp³-hybridized carbons (Fsp3) is 0.300. The molecule has 1 unspecified atom stereocenters. The van der Waals surface area contributed by atoms with E-state index in [1.165, 1.54) is 17.5 Å². The molecule has 1 atom stereocenters. The summed E-state index contributed by atoms with van der Waals surface area (Å²) in [6.45, 7) is -0.00573. The van der Waals surface area contributed by atoms with E-state index in [4.69, 9.17) is 4.74 Å². The van der Waals surface area contributed by atoms with E-state index in [1.54, 1.807) is 10.7 Å². The standard InChI is InChI=1S/C20H21N5O2/c1-24(19-11-4-7-15-6-2-3-10-18(15)19)20(26)13-27-17-9-5-8-16(12-17)25-14-21-22-23-25/h2-3,5-6,8-10,12,14,19H,4,7,11,13H2,1H3. The van der Waals surface area contributed by atoms with Gasteiger partial charge >= 0.3 is 0 Å². The average molecular weight is 363 g/mol. The topological polar surface area (TPSA) is 73.1 Å². The molecule has 7 nitrogen and oxygen atoms in total. The summed E-state index contributed by atoms with van der Waals surface area (Å²) in [5.41, 5.74) is 3.36. The Balaban J connectivity index is 1.42. The molecular formula is C20H21N5O2. The number of benzene rings is 2. The van der Waals surface area contributed by atoms with Crippen LogP contribution in [-0.4, -0.2) is 44.7 Å². The molecule has 1 amide bonds. The third-order valence-electron chi connectivity index (χ3n) is 4.99. The molecule has 1 aromatic heterocycles. The van der Waals surface area contributed by atoms with E-state index < -0.39 is 0 Å². The van der Waals surface area contributed by atoms with Crippen molar-refractivity contribution in [3.05, 3.63) is 66.0 Å². The van der Waals surface area contributed by atoms with Crippen LogP contribution in [-0.2, 0) is 11.2 Å². The molecule has 4 rings (SSSR count). The molecule has 0 fully saturated rings. The number of carbonyl (C=O) groups excluding carboxylic acids is 1. The highest BCUT2D eigenvalue weighted by Gasteiger charge is 2.26. The first kappa shape index (κ1) is 17.2. The Kier molecular flexibility index (Phi) is 4.82. The van der Waals surface area contributed by atoms with Gasteiger partial charge in [0.2, 0.25) is 0 Å². The first-order valence-electron chi connectivity index (χ1n) is 9.02. The summed E-state index contributed by atoms with van der Waals surface area (Å²) in [6.07, 6.45) is 4.66. The number of carbonyl (C=O) groups is 1. The van der Waals surface area contributed by atoms with Crippen LogP contribution in [0.25, 0.3) is 5.69 Å². The minimum atomic E-state index is -0.0375. The van der Waals surface area contributed by atoms with E-state index in [2.05, 4.69) is 33.7 Å². The normalized spacial score (nSPS) is 15.8. The number of hydrogen-bond acceptors (Lipinski definition) is 5. The van der Waals surface area contributed by atoms with Gasteiger partial charge in [-0.05, 0) is 52.9 Å². The number of fused-ring (bicyclic) bond motifs is 1. The van der Waals surface area contributed by atoms with Gasteiger partial charge in [-0.1, -0.05) is 30.3 Å². The molecule has 0 bridgehead atoms. The highest BCUT2D eigenvalue weighted by Crippen LogP contribution is 2.33. The Labute approximate surface area is 157 Å². The number of hydrogen-bond donors (Lipinski definition) is 0. The van der Waals surface area contributed by atoms with E-state index in [0.29, 0.717) is 5.75 Å². The lowest BCUT2D eigenvalue weighted by atomic mass is 9.87. The maximum atomic E-state index is 12.7. The Hall–Kier alpha value is -3.22.